The molecule has 1 aliphatic rings. The number of hydrogen-bond acceptors (Lipinski definition) is 5. The van der Waals surface area contributed by atoms with Gasteiger partial charge in [0.2, 0.25) is 0 Å². The van der Waals surface area contributed by atoms with Gasteiger partial charge in [-0.3, -0.25) is 9.89 Å². The molecule has 0 aliphatic carbocycles. The Morgan fingerprint density at radius 3 is 2.95 bits per heavy atom. The number of H-pyrrole nitrogens is 1. The lowest BCUT2D eigenvalue weighted by molar-refractivity contribution is 0.0942. The van der Waals surface area contributed by atoms with Gasteiger partial charge in [-0.2, -0.15) is 5.10 Å². The van der Waals surface area contributed by atoms with Crippen LogP contribution in [0.5, 0.6) is 0 Å². The van der Waals surface area contributed by atoms with Crippen molar-refractivity contribution in [3.05, 3.63) is 11.4 Å². The van der Waals surface area contributed by atoms with Crippen LogP contribution in [0.1, 0.15) is 29.0 Å². The molecule has 1 saturated heterocycles. The summed E-state index contributed by atoms with van der Waals surface area (Å²) in [5.41, 5.74) is 0.0505. The molecular formula is C11H16ClN3O4S. The molecule has 1 aromatic heterocycles. The lowest BCUT2D eigenvalue weighted by Crippen LogP contribution is -2.27. The molecule has 1 aliphatic heterocycles. The Balaban J connectivity index is 1.99. The van der Waals surface area contributed by atoms with Gasteiger partial charge in [0.25, 0.3) is 15.0 Å². The zero-order valence-corrected chi connectivity index (χ0v) is 12.6. The van der Waals surface area contributed by atoms with Gasteiger partial charge in [-0.25, -0.2) is 8.42 Å². The second-order valence-electron chi connectivity index (χ2n) is 4.74. The van der Waals surface area contributed by atoms with E-state index in [1.54, 1.807) is 0 Å². The van der Waals surface area contributed by atoms with Gasteiger partial charge in [-0.05, 0) is 25.7 Å². The van der Waals surface area contributed by atoms with Crippen molar-refractivity contribution >= 4 is 25.6 Å². The SMILES string of the molecule is Cc1[nH]nc(C(=O)NCCC2CCOC2)c1S(=O)(=O)Cl. The van der Waals surface area contributed by atoms with Crippen LogP contribution in [0.25, 0.3) is 0 Å². The first-order valence-corrected chi connectivity index (χ1v) is 8.56. The minimum absolute atomic E-state index is 0.194. The van der Waals surface area contributed by atoms with Crippen LogP contribution >= 0.6 is 10.7 Å². The van der Waals surface area contributed by atoms with E-state index in [1.165, 1.54) is 6.92 Å². The van der Waals surface area contributed by atoms with Gasteiger partial charge in [-0.15, -0.1) is 0 Å². The molecule has 0 aromatic carbocycles. The van der Waals surface area contributed by atoms with Crippen molar-refractivity contribution < 1.29 is 17.9 Å². The lowest BCUT2D eigenvalue weighted by Gasteiger charge is -2.08. The highest BCUT2D eigenvalue weighted by Crippen LogP contribution is 2.22. The summed E-state index contributed by atoms with van der Waals surface area (Å²) < 4.78 is 28.1. The standard InChI is InChI=1S/C11H16ClN3O4S/c1-7-10(20(12,17)18)9(15-14-7)11(16)13-4-2-8-3-5-19-6-8/h8H,2-6H2,1H3,(H,13,16)(H,14,15). The summed E-state index contributed by atoms with van der Waals surface area (Å²) in [6.07, 6.45) is 1.77. The van der Waals surface area contributed by atoms with Gasteiger partial charge in [0, 0.05) is 30.4 Å². The maximum absolute atomic E-state index is 12.0. The quantitative estimate of drug-likeness (QED) is 0.781. The summed E-state index contributed by atoms with van der Waals surface area (Å²) in [7, 11) is 1.30. The third-order valence-corrected chi connectivity index (χ3v) is 4.66. The van der Waals surface area contributed by atoms with Crippen molar-refractivity contribution in [3.63, 3.8) is 0 Å². The maximum Gasteiger partial charge on any atom is 0.273 e. The van der Waals surface area contributed by atoms with Gasteiger partial charge in [0.1, 0.15) is 4.90 Å². The van der Waals surface area contributed by atoms with E-state index in [-0.39, 0.29) is 16.3 Å². The maximum atomic E-state index is 12.0. The molecule has 2 rings (SSSR count). The van der Waals surface area contributed by atoms with E-state index < -0.39 is 15.0 Å². The molecule has 0 spiro atoms. The minimum atomic E-state index is -4.01. The summed E-state index contributed by atoms with van der Waals surface area (Å²) in [5, 5.41) is 8.82. The third-order valence-electron chi connectivity index (χ3n) is 3.21. The van der Waals surface area contributed by atoms with E-state index in [1.807, 2.05) is 0 Å². The van der Waals surface area contributed by atoms with Crippen LogP contribution in [0.2, 0.25) is 0 Å². The van der Waals surface area contributed by atoms with Crippen molar-refractivity contribution in [1.82, 2.24) is 15.5 Å². The first kappa shape index (κ1) is 15.3. The van der Waals surface area contributed by atoms with Crippen LogP contribution in [-0.4, -0.2) is 44.3 Å². The first-order valence-electron chi connectivity index (χ1n) is 6.25. The van der Waals surface area contributed by atoms with E-state index in [0.29, 0.717) is 19.1 Å². The monoisotopic (exact) mass is 321 g/mol. The molecule has 20 heavy (non-hydrogen) atoms. The molecule has 1 aromatic rings. The molecule has 0 radical (unpaired) electrons. The summed E-state index contributed by atoms with van der Waals surface area (Å²) in [5.74, 6) is -0.111. The molecular weight excluding hydrogens is 306 g/mol. The van der Waals surface area contributed by atoms with Crippen molar-refractivity contribution in [1.29, 1.82) is 0 Å². The second-order valence-corrected chi connectivity index (χ2v) is 7.24. The zero-order chi connectivity index (χ0) is 14.8. The highest BCUT2D eigenvalue weighted by Gasteiger charge is 2.26. The molecule has 7 nitrogen and oxygen atoms in total. The Labute approximate surface area is 121 Å². The van der Waals surface area contributed by atoms with Gasteiger partial charge in [0.05, 0.1) is 5.69 Å². The summed E-state index contributed by atoms with van der Waals surface area (Å²) in [6.45, 7) is 3.40. The number of aryl methyl sites for hydroxylation is 1. The number of amides is 1. The average molecular weight is 322 g/mol. The number of ether oxygens (including phenoxy) is 1. The average Bonchev–Trinajstić information content (AvgIpc) is 2.97. The predicted molar refractivity (Wildman–Crippen MR) is 72.2 cm³/mol. The number of nitrogens with zero attached hydrogens (tertiary/aromatic N) is 1. The Kier molecular flexibility index (Phi) is 4.66. The molecule has 1 unspecified atom stereocenters. The number of aromatic amines is 1. The van der Waals surface area contributed by atoms with Crippen molar-refractivity contribution in [2.45, 2.75) is 24.7 Å². The van der Waals surface area contributed by atoms with E-state index in [2.05, 4.69) is 15.5 Å². The third kappa shape index (κ3) is 3.50. The van der Waals surface area contributed by atoms with E-state index in [4.69, 9.17) is 15.4 Å². The van der Waals surface area contributed by atoms with Crippen LogP contribution in [0.3, 0.4) is 0 Å². The number of carbonyl (C=O) groups is 1. The van der Waals surface area contributed by atoms with Crippen LogP contribution in [0.15, 0.2) is 4.90 Å². The number of rotatable bonds is 5. The predicted octanol–water partition coefficient (Wildman–Crippen LogP) is 0.802. The van der Waals surface area contributed by atoms with Crippen LogP contribution in [0, 0.1) is 12.8 Å². The molecule has 9 heteroatoms. The normalized spacial score (nSPS) is 19.2. The number of nitrogens with one attached hydrogen (secondary N) is 2. The Hall–Kier alpha value is -1.12. The van der Waals surface area contributed by atoms with Gasteiger partial charge >= 0.3 is 0 Å². The van der Waals surface area contributed by atoms with E-state index in [9.17, 15) is 13.2 Å². The molecule has 112 valence electrons. The zero-order valence-electron chi connectivity index (χ0n) is 11.0. The Morgan fingerprint density at radius 1 is 1.60 bits per heavy atom. The van der Waals surface area contributed by atoms with Crippen LogP contribution in [0.4, 0.5) is 0 Å². The minimum Gasteiger partial charge on any atom is -0.381 e. The fourth-order valence-electron chi connectivity index (χ4n) is 2.16. The highest BCUT2D eigenvalue weighted by molar-refractivity contribution is 8.13. The summed E-state index contributed by atoms with van der Waals surface area (Å²) in [4.78, 5) is 11.7. The fourth-order valence-corrected chi connectivity index (χ4v) is 3.50. The molecule has 2 N–H and O–H groups in total. The number of halogens is 1. The van der Waals surface area contributed by atoms with E-state index >= 15 is 0 Å². The Bertz CT molecular complexity index is 593. The lowest BCUT2D eigenvalue weighted by atomic mass is 10.1. The molecule has 2 heterocycles. The van der Waals surface area contributed by atoms with Gasteiger partial charge in [-0.1, -0.05) is 0 Å². The number of carbonyl (C=O) groups excluding carboxylic acids is 1. The van der Waals surface area contributed by atoms with Crippen LogP contribution in [-0.2, 0) is 13.8 Å². The fraction of sp³-hybridized carbons (Fsp3) is 0.636. The molecule has 1 atom stereocenters. The number of aromatic nitrogens is 2. The van der Waals surface area contributed by atoms with Crippen molar-refractivity contribution in [2.24, 2.45) is 5.92 Å². The molecule has 0 saturated carbocycles. The van der Waals surface area contributed by atoms with Crippen molar-refractivity contribution in [3.8, 4) is 0 Å². The van der Waals surface area contributed by atoms with Crippen molar-refractivity contribution in [2.75, 3.05) is 19.8 Å². The number of hydrogen-bond donors (Lipinski definition) is 2. The molecule has 1 fully saturated rings. The smallest absolute Gasteiger partial charge is 0.273 e. The summed E-state index contributed by atoms with van der Waals surface area (Å²) in [6, 6.07) is 0. The topological polar surface area (TPSA) is 101 Å². The van der Waals surface area contributed by atoms with Gasteiger partial charge < -0.3 is 10.1 Å². The van der Waals surface area contributed by atoms with E-state index in [0.717, 1.165) is 19.4 Å². The first-order chi connectivity index (χ1) is 9.39. The second kappa shape index (κ2) is 6.11. The molecule has 1 amide bonds. The molecule has 0 bridgehead atoms. The largest absolute Gasteiger partial charge is 0.381 e. The van der Waals surface area contributed by atoms with Gasteiger partial charge in [0.15, 0.2) is 5.69 Å². The Morgan fingerprint density at radius 2 is 2.35 bits per heavy atom. The van der Waals surface area contributed by atoms with Crippen LogP contribution < -0.4 is 5.32 Å². The summed E-state index contributed by atoms with van der Waals surface area (Å²) >= 11 is 0. The highest BCUT2D eigenvalue weighted by atomic mass is 35.7.